The Hall–Kier alpha value is -1.73. The second kappa shape index (κ2) is 9.28. The fourth-order valence-corrected chi connectivity index (χ4v) is 4.29. The number of para-hydroxylation sites is 1. The molecule has 0 bridgehead atoms. The number of nitrogens with zero attached hydrogens (tertiary/aromatic N) is 2. The Balaban J connectivity index is 1.53. The zero-order valence-corrected chi connectivity index (χ0v) is 16.1. The van der Waals surface area contributed by atoms with Crippen LogP contribution in [0.3, 0.4) is 0 Å². The van der Waals surface area contributed by atoms with Crippen molar-refractivity contribution in [1.82, 2.24) is 15.1 Å². The molecule has 1 unspecified atom stereocenters. The predicted octanol–water partition coefficient (Wildman–Crippen LogP) is 1.46. The van der Waals surface area contributed by atoms with Gasteiger partial charge in [-0.15, -0.1) is 0 Å². The number of nitrogens with one attached hydrogen (secondary N) is 1. The van der Waals surface area contributed by atoms with Gasteiger partial charge in [0, 0.05) is 56.7 Å². The van der Waals surface area contributed by atoms with Gasteiger partial charge in [0.05, 0.1) is 12.2 Å². The molecule has 2 amide bonds. The normalized spacial score (nSPS) is 20.7. The lowest BCUT2D eigenvalue weighted by Crippen LogP contribution is -2.52. The van der Waals surface area contributed by atoms with Crippen LogP contribution in [0.1, 0.15) is 23.7 Å². The highest BCUT2D eigenvalue weighted by Crippen LogP contribution is 2.21. The summed E-state index contributed by atoms with van der Waals surface area (Å²) >= 11 is 1.90. The highest BCUT2D eigenvalue weighted by atomic mass is 32.2. The third kappa shape index (κ3) is 4.71. The summed E-state index contributed by atoms with van der Waals surface area (Å²) in [5, 5.41) is 3.41. The number of ether oxygens (including phenoxy) is 1. The molecule has 2 fully saturated rings. The summed E-state index contributed by atoms with van der Waals surface area (Å²) in [5.74, 6) is 2.91. The van der Waals surface area contributed by atoms with Crippen molar-refractivity contribution in [3.8, 4) is 5.75 Å². The maximum absolute atomic E-state index is 12.8. The summed E-state index contributed by atoms with van der Waals surface area (Å²) in [6, 6.07) is 7.63. The Labute approximate surface area is 159 Å². The van der Waals surface area contributed by atoms with E-state index in [-0.39, 0.29) is 17.9 Å². The first kappa shape index (κ1) is 19.0. The number of benzene rings is 1. The summed E-state index contributed by atoms with van der Waals surface area (Å²) in [7, 11) is 0. The molecule has 1 aromatic carbocycles. The minimum Gasteiger partial charge on any atom is -0.493 e. The monoisotopic (exact) mass is 377 g/mol. The number of rotatable bonds is 5. The predicted molar refractivity (Wildman–Crippen MR) is 104 cm³/mol. The summed E-state index contributed by atoms with van der Waals surface area (Å²) < 4.78 is 5.57. The maximum atomic E-state index is 12.8. The van der Waals surface area contributed by atoms with Crippen molar-refractivity contribution in [3.63, 3.8) is 0 Å². The lowest BCUT2D eigenvalue weighted by Gasteiger charge is -2.36. The number of carbonyl (C=O) groups is 2. The van der Waals surface area contributed by atoms with Gasteiger partial charge in [0.25, 0.3) is 5.91 Å². The maximum Gasteiger partial charge on any atom is 0.257 e. The van der Waals surface area contributed by atoms with E-state index in [0.717, 1.165) is 18.1 Å². The van der Waals surface area contributed by atoms with Crippen molar-refractivity contribution in [2.24, 2.45) is 0 Å². The van der Waals surface area contributed by atoms with Gasteiger partial charge in [0.2, 0.25) is 5.91 Å². The standard InChI is InChI=1S/C19H27N3O3S/c1-2-25-17-6-4-3-5-16(17)19(24)22-10-8-21(9-11-22)18(23)13-15-14-26-12-7-20-15/h3-6,15,20H,2,7-14H2,1H3. The molecule has 1 N–H and O–H groups in total. The van der Waals surface area contributed by atoms with Gasteiger partial charge in [0.1, 0.15) is 5.75 Å². The number of piperazine rings is 1. The summed E-state index contributed by atoms with van der Waals surface area (Å²) in [6.07, 6.45) is 0.550. The van der Waals surface area contributed by atoms with Crippen LogP contribution in [0, 0.1) is 0 Å². The lowest BCUT2D eigenvalue weighted by atomic mass is 10.1. The Morgan fingerprint density at radius 3 is 2.62 bits per heavy atom. The average molecular weight is 378 g/mol. The topological polar surface area (TPSA) is 61.9 Å². The first-order valence-electron chi connectivity index (χ1n) is 9.29. The molecule has 1 atom stereocenters. The summed E-state index contributed by atoms with van der Waals surface area (Å²) in [4.78, 5) is 29.0. The molecule has 2 heterocycles. The van der Waals surface area contributed by atoms with Gasteiger partial charge < -0.3 is 19.9 Å². The molecule has 26 heavy (non-hydrogen) atoms. The molecule has 0 saturated carbocycles. The van der Waals surface area contributed by atoms with Gasteiger partial charge >= 0.3 is 0 Å². The van der Waals surface area contributed by atoms with Gasteiger partial charge in [-0.2, -0.15) is 11.8 Å². The van der Waals surface area contributed by atoms with E-state index in [9.17, 15) is 9.59 Å². The van der Waals surface area contributed by atoms with Crippen molar-refractivity contribution >= 4 is 23.6 Å². The Morgan fingerprint density at radius 2 is 1.92 bits per heavy atom. The van der Waals surface area contributed by atoms with Crippen molar-refractivity contribution in [1.29, 1.82) is 0 Å². The Kier molecular flexibility index (Phi) is 6.80. The SMILES string of the molecule is CCOc1ccccc1C(=O)N1CCN(C(=O)CC2CSCCN2)CC1. The molecule has 0 aromatic heterocycles. The number of amides is 2. The molecule has 2 aliphatic heterocycles. The van der Waals surface area contributed by atoms with Gasteiger partial charge in [-0.1, -0.05) is 12.1 Å². The fourth-order valence-electron chi connectivity index (χ4n) is 3.34. The smallest absolute Gasteiger partial charge is 0.257 e. The average Bonchev–Trinajstić information content (AvgIpc) is 2.69. The number of carbonyl (C=O) groups excluding carboxylic acids is 2. The van der Waals surface area contributed by atoms with Gasteiger partial charge in [-0.05, 0) is 19.1 Å². The highest BCUT2D eigenvalue weighted by Gasteiger charge is 2.27. The van der Waals surface area contributed by atoms with Crippen LogP contribution in [0.25, 0.3) is 0 Å². The van der Waals surface area contributed by atoms with Crippen molar-refractivity contribution in [3.05, 3.63) is 29.8 Å². The van der Waals surface area contributed by atoms with Gasteiger partial charge in [-0.25, -0.2) is 0 Å². The molecule has 142 valence electrons. The van der Waals surface area contributed by atoms with E-state index in [1.54, 1.807) is 6.07 Å². The third-order valence-corrected chi connectivity index (χ3v) is 5.89. The van der Waals surface area contributed by atoms with E-state index in [1.165, 1.54) is 0 Å². The van der Waals surface area contributed by atoms with Crippen LogP contribution in [0.5, 0.6) is 5.75 Å². The van der Waals surface area contributed by atoms with Crippen LogP contribution < -0.4 is 10.1 Å². The first-order valence-corrected chi connectivity index (χ1v) is 10.4. The van der Waals surface area contributed by atoms with E-state index in [4.69, 9.17) is 4.74 Å². The Morgan fingerprint density at radius 1 is 1.19 bits per heavy atom. The fraction of sp³-hybridized carbons (Fsp3) is 0.579. The van der Waals surface area contributed by atoms with E-state index < -0.39 is 0 Å². The number of hydrogen-bond acceptors (Lipinski definition) is 5. The number of hydrogen-bond donors (Lipinski definition) is 1. The second-order valence-corrected chi connectivity index (χ2v) is 7.68. The minimum absolute atomic E-state index is 0.0218. The zero-order chi connectivity index (χ0) is 18.4. The van der Waals surface area contributed by atoms with Crippen LogP contribution in [0.2, 0.25) is 0 Å². The van der Waals surface area contributed by atoms with Crippen LogP contribution in [0.15, 0.2) is 24.3 Å². The van der Waals surface area contributed by atoms with Crippen LogP contribution in [-0.2, 0) is 4.79 Å². The van der Waals surface area contributed by atoms with Crippen LogP contribution >= 0.6 is 11.8 Å². The zero-order valence-electron chi connectivity index (χ0n) is 15.3. The quantitative estimate of drug-likeness (QED) is 0.842. The first-order chi connectivity index (χ1) is 12.7. The van der Waals surface area contributed by atoms with E-state index >= 15 is 0 Å². The van der Waals surface area contributed by atoms with Crippen molar-refractivity contribution in [2.75, 3.05) is 50.8 Å². The molecule has 2 aliphatic rings. The minimum atomic E-state index is -0.0218. The molecule has 0 aliphatic carbocycles. The molecule has 0 radical (unpaired) electrons. The second-order valence-electron chi connectivity index (χ2n) is 6.53. The van der Waals surface area contributed by atoms with Crippen molar-refractivity contribution < 1.29 is 14.3 Å². The summed E-state index contributed by atoms with van der Waals surface area (Å²) in [6.45, 7) is 5.74. The third-order valence-electron chi connectivity index (χ3n) is 4.76. The van der Waals surface area contributed by atoms with Gasteiger partial charge in [0.15, 0.2) is 0 Å². The van der Waals surface area contributed by atoms with Crippen molar-refractivity contribution in [2.45, 2.75) is 19.4 Å². The molecule has 6 nitrogen and oxygen atoms in total. The Bertz CT molecular complexity index is 626. The van der Waals surface area contributed by atoms with E-state index in [2.05, 4.69) is 5.32 Å². The lowest BCUT2D eigenvalue weighted by molar-refractivity contribution is -0.133. The van der Waals surface area contributed by atoms with Crippen LogP contribution in [-0.4, -0.2) is 78.5 Å². The molecular weight excluding hydrogens is 350 g/mol. The van der Waals surface area contributed by atoms with E-state index in [1.807, 2.05) is 46.7 Å². The number of thioether (sulfide) groups is 1. The molecular formula is C19H27N3O3S. The molecule has 3 rings (SSSR count). The van der Waals surface area contributed by atoms with E-state index in [0.29, 0.717) is 50.5 Å². The summed E-state index contributed by atoms with van der Waals surface area (Å²) in [5.41, 5.74) is 0.595. The molecule has 0 spiro atoms. The molecule has 7 heteroatoms. The highest BCUT2D eigenvalue weighted by molar-refractivity contribution is 7.99. The van der Waals surface area contributed by atoms with Crippen LogP contribution in [0.4, 0.5) is 0 Å². The van der Waals surface area contributed by atoms with Gasteiger partial charge in [-0.3, -0.25) is 9.59 Å². The largest absolute Gasteiger partial charge is 0.493 e. The molecule has 2 saturated heterocycles. The molecule has 1 aromatic rings.